The number of thioether (sulfide) groups is 1. The second kappa shape index (κ2) is 4.77. The molecule has 1 aromatic carbocycles. The van der Waals surface area contributed by atoms with Crippen LogP contribution in [0.15, 0.2) is 24.3 Å². The molecule has 3 nitrogen and oxygen atoms in total. The molecule has 0 spiro atoms. The summed E-state index contributed by atoms with van der Waals surface area (Å²) in [5.74, 6) is 0.0421. The first-order chi connectivity index (χ1) is 6.18. The van der Waals surface area contributed by atoms with Crippen LogP contribution in [0.1, 0.15) is 5.56 Å². The molecule has 13 heavy (non-hydrogen) atoms. The Hall–Kier alpha value is -1.16. The van der Waals surface area contributed by atoms with Crippen LogP contribution in [0, 0.1) is 0 Å². The number of anilines is 1. The van der Waals surface area contributed by atoms with Crippen LogP contribution in [0.4, 0.5) is 5.69 Å². The number of benzene rings is 1. The quantitative estimate of drug-likeness (QED) is 0.719. The second-order valence-electron chi connectivity index (χ2n) is 2.63. The van der Waals surface area contributed by atoms with E-state index in [-0.39, 0.29) is 5.75 Å². The molecule has 3 N–H and O–H groups in total. The molecule has 0 aliphatic heterocycles. The highest BCUT2D eigenvalue weighted by molar-refractivity contribution is 7.99. The van der Waals surface area contributed by atoms with Gasteiger partial charge in [0.15, 0.2) is 0 Å². The third kappa shape index (κ3) is 3.85. The Kier molecular flexibility index (Phi) is 3.64. The zero-order valence-corrected chi connectivity index (χ0v) is 7.88. The van der Waals surface area contributed by atoms with E-state index in [1.54, 1.807) is 0 Å². The fourth-order valence-corrected chi connectivity index (χ4v) is 1.63. The Balaban J connectivity index is 2.41. The number of carboxylic acid groups (broad SMARTS) is 1. The summed E-state index contributed by atoms with van der Waals surface area (Å²) in [6, 6.07) is 7.47. The van der Waals surface area contributed by atoms with Gasteiger partial charge in [-0.15, -0.1) is 11.8 Å². The van der Waals surface area contributed by atoms with Crippen LogP contribution in [0.2, 0.25) is 0 Å². The van der Waals surface area contributed by atoms with E-state index in [0.717, 1.165) is 5.56 Å². The molecule has 0 unspecified atom stereocenters. The van der Waals surface area contributed by atoms with E-state index in [4.69, 9.17) is 10.8 Å². The van der Waals surface area contributed by atoms with Crippen LogP contribution in [0.5, 0.6) is 0 Å². The second-order valence-corrected chi connectivity index (χ2v) is 3.62. The summed E-state index contributed by atoms with van der Waals surface area (Å²) < 4.78 is 0. The summed E-state index contributed by atoms with van der Waals surface area (Å²) in [7, 11) is 0. The largest absolute Gasteiger partial charge is 0.481 e. The lowest BCUT2D eigenvalue weighted by Crippen LogP contribution is -1.98. The molecule has 1 rings (SSSR count). The van der Waals surface area contributed by atoms with E-state index in [1.165, 1.54) is 11.8 Å². The van der Waals surface area contributed by atoms with Crippen LogP contribution in [-0.2, 0) is 10.5 Å². The van der Waals surface area contributed by atoms with Crippen LogP contribution >= 0.6 is 11.8 Å². The van der Waals surface area contributed by atoms with Gasteiger partial charge in [0.2, 0.25) is 0 Å². The molecular weight excluding hydrogens is 186 g/mol. The van der Waals surface area contributed by atoms with E-state index < -0.39 is 5.97 Å². The van der Waals surface area contributed by atoms with E-state index in [2.05, 4.69) is 0 Å². The van der Waals surface area contributed by atoms with Gasteiger partial charge >= 0.3 is 5.97 Å². The summed E-state index contributed by atoms with van der Waals surface area (Å²) in [6.45, 7) is 0. The number of carbonyl (C=O) groups is 1. The maximum Gasteiger partial charge on any atom is 0.313 e. The lowest BCUT2D eigenvalue weighted by atomic mass is 10.2. The molecule has 0 saturated heterocycles. The Labute approximate surface area is 80.9 Å². The first-order valence-electron chi connectivity index (χ1n) is 3.82. The lowest BCUT2D eigenvalue weighted by Gasteiger charge is -2.00. The topological polar surface area (TPSA) is 63.3 Å². The van der Waals surface area contributed by atoms with Gasteiger partial charge in [-0.2, -0.15) is 0 Å². The molecule has 70 valence electrons. The molecule has 0 amide bonds. The molecule has 0 aliphatic carbocycles. The first kappa shape index (κ1) is 9.92. The maximum absolute atomic E-state index is 10.2. The summed E-state index contributed by atoms with van der Waals surface area (Å²) in [4.78, 5) is 10.2. The zero-order chi connectivity index (χ0) is 9.68. The number of nitrogen functional groups attached to an aromatic ring is 1. The normalized spacial score (nSPS) is 9.85. The monoisotopic (exact) mass is 197 g/mol. The molecule has 0 bridgehead atoms. The fourth-order valence-electron chi connectivity index (χ4n) is 0.939. The van der Waals surface area contributed by atoms with E-state index in [1.807, 2.05) is 24.3 Å². The molecule has 4 heteroatoms. The van der Waals surface area contributed by atoms with E-state index in [0.29, 0.717) is 11.4 Å². The number of rotatable bonds is 4. The van der Waals surface area contributed by atoms with Gasteiger partial charge in [-0.1, -0.05) is 12.1 Å². The predicted molar refractivity (Wildman–Crippen MR) is 54.7 cm³/mol. The third-order valence-electron chi connectivity index (χ3n) is 1.45. The Morgan fingerprint density at radius 1 is 1.54 bits per heavy atom. The van der Waals surface area contributed by atoms with Crippen LogP contribution < -0.4 is 5.73 Å². The minimum Gasteiger partial charge on any atom is -0.481 e. The van der Waals surface area contributed by atoms with Crippen LogP contribution in [0.25, 0.3) is 0 Å². The number of aliphatic carboxylic acids is 1. The lowest BCUT2D eigenvalue weighted by molar-refractivity contribution is -0.133. The van der Waals surface area contributed by atoms with Crippen molar-refractivity contribution >= 4 is 23.4 Å². The molecule has 0 saturated carbocycles. The number of nitrogens with two attached hydrogens (primary N) is 1. The predicted octanol–water partition coefficient (Wildman–Crippen LogP) is 1.59. The Morgan fingerprint density at radius 3 is 2.92 bits per heavy atom. The van der Waals surface area contributed by atoms with Crippen molar-refractivity contribution in [2.75, 3.05) is 11.5 Å². The van der Waals surface area contributed by atoms with Gasteiger partial charge in [-0.3, -0.25) is 4.79 Å². The van der Waals surface area contributed by atoms with Gasteiger partial charge in [-0.05, 0) is 17.7 Å². The number of hydrogen-bond donors (Lipinski definition) is 2. The minimum absolute atomic E-state index is 0.134. The van der Waals surface area contributed by atoms with Gasteiger partial charge in [0.1, 0.15) is 0 Å². The summed E-state index contributed by atoms with van der Waals surface area (Å²) in [5.41, 5.74) is 7.34. The highest BCUT2D eigenvalue weighted by atomic mass is 32.2. The first-order valence-corrected chi connectivity index (χ1v) is 4.98. The minimum atomic E-state index is -0.783. The van der Waals surface area contributed by atoms with Gasteiger partial charge in [0.25, 0.3) is 0 Å². The van der Waals surface area contributed by atoms with Crippen molar-refractivity contribution in [1.82, 2.24) is 0 Å². The number of carboxylic acids is 1. The molecule has 1 aromatic rings. The van der Waals surface area contributed by atoms with E-state index in [9.17, 15) is 4.79 Å². The molecule has 0 heterocycles. The summed E-state index contributed by atoms with van der Waals surface area (Å²) >= 11 is 1.37. The molecule has 0 fully saturated rings. The average molecular weight is 197 g/mol. The average Bonchev–Trinajstić information content (AvgIpc) is 2.03. The van der Waals surface area contributed by atoms with Gasteiger partial charge < -0.3 is 10.8 Å². The van der Waals surface area contributed by atoms with Crippen LogP contribution in [-0.4, -0.2) is 16.8 Å². The highest BCUT2D eigenvalue weighted by Crippen LogP contribution is 2.14. The molecular formula is C9H11NO2S. The van der Waals surface area contributed by atoms with E-state index >= 15 is 0 Å². The van der Waals surface area contributed by atoms with Crippen molar-refractivity contribution in [2.45, 2.75) is 5.75 Å². The SMILES string of the molecule is Nc1cccc(CSCC(=O)O)c1. The van der Waals surface area contributed by atoms with Gasteiger partial charge in [0.05, 0.1) is 5.75 Å². The standard InChI is InChI=1S/C9H11NO2S/c10-8-3-1-2-7(4-8)5-13-6-9(11)12/h1-4H,5-6,10H2,(H,11,12). The Morgan fingerprint density at radius 2 is 2.31 bits per heavy atom. The van der Waals surface area contributed by atoms with Crippen molar-refractivity contribution in [2.24, 2.45) is 0 Å². The smallest absolute Gasteiger partial charge is 0.313 e. The summed E-state index contributed by atoms with van der Waals surface area (Å²) in [6.07, 6.45) is 0. The zero-order valence-electron chi connectivity index (χ0n) is 7.06. The highest BCUT2D eigenvalue weighted by Gasteiger charge is 1.98. The van der Waals surface area contributed by atoms with Crippen molar-refractivity contribution in [3.05, 3.63) is 29.8 Å². The van der Waals surface area contributed by atoms with Gasteiger partial charge in [-0.25, -0.2) is 0 Å². The van der Waals surface area contributed by atoms with Crippen molar-refractivity contribution in [3.63, 3.8) is 0 Å². The Bertz CT molecular complexity index is 301. The summed E-state index contributed by atoms with van der Waals surface area (Å²) in [5, 5.41) is 8.40. The van der Waals surface area contributed by atoms with Crippen LogP contribution in [0.3, 0.4) is 0 Å². The van der Waals surface area contributed by atoms with Gasteiger partial charge in [0, 0.05) is 11.4 Å². The fraction of sp³-hybridized carbons (Fsp3) is 0.222. The van der Waals surface area contributed by atoms with Crippen molar-refractivity contribution in [3.8, 4) is 0 Å². The molecule has 0 radical (unpaired) electrons. The van der Waals surface area contributed by atoms with Crippen molar-refractivity contribution in [1.29, 1.82) is 0 Å². The molecule has 0 aliphatic rings. The molecule has 0 atom stereocenters. The number of hydrogen-bond acceptors (Lipinski definition) is 3. The maximum atomic E-state index is 10.2. The van der Waals surface area contributed by atoms with Crippen molar-refractivity contribution < 1.29 is 9.90 Å². The third-order valence-corrected chi connectivity index (χ3v) is 2.43. The molecule has 0 aromatic heterocycles.